The van der Waals surface area contributed by atoms with Crippen LogP contribution in [0.5, 0.6) is 0 Å². The van der Waals surface area contributed by atoms with Gasteiger partial charge in [0.25, 0.3) is 5.91 Å². The monoisotopic (exact) mass is 799 g/mol. The smallest absolute Gasteiger partial charge is 0.410 e. The number of amides is 5. The molecule has 15 nitrogen and oxygen atoms in total. The molecular formula is C39H50FN5O10S. The zero-order chi connectivity index (χ0) is 41.4. The highest BCUT2D eigenvalue weighted by Crippen LogP contribution is 2.45. The van der Waals surface area contributed by atoms with E-state index in [2.05, 4.69) is 33.8 Å². The first-order valence-electron chi connectivity index (χ1n) is 18.6. The summed E-state index contributed by atoms with van der Waals surface area (Å²) in [7, 11) is -3.98. The minimum atomic E-state index is -3.98. The molecule has 5 atom stereocenters. The van der Waals surface area contributed by atoms with Crippen molar-refractivity contribution in [2.45, 2.75) is 128 Å². The Hall–Kier alpha value is -4.98. The van der Waals surface area contributed by atoms with Crippen molar-refractivity contribution in [1.29, 1.82) is 0 Å². The Morgan fingerprint density at radius 2 is 1.79 bits per heavy atom. The second kappa shape index (κ2) is 15.9. The number of nitrogens with one attached hydrogen (secondary N) is 3. The summed E-state index contributed by atoms with van der Waals surface area (Å²) >= 11 is 0. The molecule has 1 saturated heterocycles. The minimum absolute atomic E-state index is 0.0416. The predicted molar refractivity (Wildman–Crippen MR) is 200 cm³/mol. The summed E-state index contributed by atoms with van der Waals surface area (Å²) in [6.07, 6.45) is -1.32. The average molecular weight is 800 g/mol. The maximum absolute atomic E-state index is 14.5. The summed E-state index contributed by atoms with van der Waals surface area (Å²) in [6, 6.07) is 1.71. The largest absolute Gasteiger partial charge is 0.444 e. The van der Waals surface area contributed by atoms with Crippen molar-refractivity contribution in [3.8, 4) is 11.8 Å². The topological polar surface area (TPSA) is 198 Å². The number of hydrogen-bond donors (Lipinski definition) is 3. The molecule has 0 spiro atoms. The Labute approximate surface area is 326 Å². The van der Waals surface area contributed by atoms with Gasteiger partial charge in [0, 0.05) is 36.3 Å². The Morgan fingerprint density at radius 3 is 2.38 bits per heavy atom. The second-order valence-corrected chi connectivity index (χ2v) is 18.8. The van der Waals surface area contributed by atoms with Crippen LogP contribution in [0.15, 0.2) is 30.9 Å². The zero-order valence-electron chi connectivity index (χ0n) is 32.5. The van der Waals surface area contributed by atoms with E-state index in [0.29, 0.717) is 24.0 Å². The lowest BCUT2D eigenvalue weighted by Crippen LogP contribution is -2.58. The van der Waals surface area contributed by atoms with Gasteiger partial charge in [0.05, 0.1) is 18.3 Å². The van der Waals surface area contributed by atoms with E-state index in [0.717, 1.165) is 4.90 Å². The van der Waals surface area contributed by atoms with Crippen LogP contribution in [0.1, 0.15) is 91.2 Å². The van der Waals surface area contributed by atoms with Crippen molar-refractivity contribution in [2.75, 3.05) is 6.54 Å². The number of rotatable bonds is 12. The van der Waals surface area contributed by atoms with Crippen LogP contribution in [0.4, 0.5) is 14.0 Å². The van der Waals surface area contributed by atoms with Crippen molar-refractivity contribution in [3.05, 3.63) is 47.8 Å². The third-order valence-electron chi connectivity index (χ3n) is 9.78. The number of carbonyl (C=O) groups is 6. The third kappa shape index (κ3) is 10.2. The summed E-state index contributed by atoms with van der Waals surface area (Å²) < 4.78 is 53.1. The number of fused-ring (bicyclic) bond motifs is 1. The van der Waals surface area contributed by atoms with Crippen molar-refractivity contribution >= 4 is 45.7 Å². The van der Waals surface area contributed by atoms with Gasteiger partial charge in [0.1, 0.15) is 35.1 Å². The van der Waals surface area contributed by atoms with E-state index in [1.807, 2.05) is 20.8 Å². The molecule has 3 N–H and O–H groups in total. The van der Waals surface area contributed by atoms with Crippen LogP contribution in [-0.2, 0) is 51.8 Å². The fraction of sp³-hybridized carbons (Fsp3) is 0.590. The van der Waals surface area contributed by atoms with Crippen LogP contribution in [0, 0.1) is 29.0 Å². The van der Waals surface area contributed by atoms with Gasteiger partial charge in [-0.2, -0.15) is 0 Å². The molecule has 2 saturated carbocycles. The number of Topliss-reactive ketones (excluding diaryl/α,β-unsaturated/α-hetero) is 1. The highest BCUT2D eigenvalue weighted by Gasteiger charge is 2.62. The number of benzene rings is 1. The van der Waals surface area contributed by atoms with Crippen molar-refractivity contribution in [3.63, 3.8) is 0 Å². The highest BCUT2D eigenvalue weighted by atomic mass is 32.2. The Bertz CT molecular complexity index is 1980. The maximum Gasteiger partial charge on any atom is 0.410 e. The van der Waals surface area contributed by atoms with Crippen molar-refractivity contribution < 1.29 is 51.0 Å². The molecule has 4 aliphatic rings. The van der Waals surface area contributed by atoms with Gasteiger partial charge in [0.2, 0.25) is 27.6 Å². The fourth-order valence-electron chi connectivity index (χ4n) is 6.62. The molecular weight excluding hydrogens is 750 g/mol. The van der Waals surface area contributed by atoms with Crippen LogP contribution in [0.2, 0.25) is 0 Å². The molecule has 56 heavy (non-hydrogen) atoms. The highest BCUT2D eigenvalue weighted by molar-refractivity contribution is 7.91. The second-order valence-electron chi connectivity index (χ2n) is 16.8. The van der Waals surface area contributed by atoms with E-state index in [-0.39, 0.29) is 45.3 Å². The van der Waals surface area contributed by atoms with Gasteiger partial charge >= 0.3 is 12.2 Å². The first kappa shape index (κ1) is 42.2. The van der Waals surface area contributed by atoms with Gasteiger partial charge in [0.15, 0.2) is 0 Å². The number of halogens is 1. The quantitative estimate of drug-likeness (QED) is 0.160. The van der Waals surface area contributed by atoms with E-state index < -0.39 is 97.4 Å². The van der Waals surface area contributed by atoms with Crippen LogP contribution < -0.4 is 15.4 Å². The van der Waals surface area contributed by atoms with E-state index in [1.165, 1.54) is 23.1 Å². The van der Waals surface area contributed by atoms with Crippen LogP contribution >= 0.6 is 0 Å². The lowest BCUT2D eigenvalue weighted by molar-refractivity contribution is -0.141. The van der Waals surface area contributed by atoms with Crippen molar-refractivity contribution in [1.82, 2.24) is 25.2 Å². The first-order chi connectivity index (χ1) is 26.0. The summed E-state index contributed by atoms with van der Waals surface area (Å²) in [6.45, 7) is 13.7. The number of hydrogen-bond acceptors (Lipinski definition) is 10. The summed E-state index contributed by atoms with van der Waals surface area (Å²) in [4.78, 5) is 83.6. The number of alkyl carbamates (subject to hydrolysis) is 1. The van der Waals surface area contributed by atoms with Gasteiger partial charge in [-0.15, -0.1) is 6.58 Å². The number of ether oxygens (including phenoxy) is 2. The molecule has 2 aliphatic heterocycles. The molecule has 3 fully saturated rings. The van der Waals surface area contributed by atoms with Crippen LogP contribution in [-0.4, -0.2) is 95.0 Å². The van der Waals surface area contributed by atoms with Crippen LogP contribution in [0.25, 0.3) is 0 Å². The standard InChI is InChI=1S/C39H50FN5O10S/c1-8-24-19-39(24,34(49)43-56(52,53)27-13-14-27)42-32(47)31-18-26(54-36(51)44-20-23-10-9-11-29(40)28(23)22-44)21-45(31)33(48)30(41-35(50)55-38(5,6)7)15-12-25(46)16-17-37(2,3)4/h8-11,24,26-27,30-31H,1,12-15,18-22H2,2-7H3,(H,41,50)(H,42,47)(H,43,49)/t24-,26?,30+,31+,39-/m1/s1. The Morgan fingerprint density at radius 1 is 1.09 bits per heavy atom. The number of ketones is 1. The van der Waals surface area contributed by atoms with Gasteiger partial charge in [-0.3, -0.25) is 28.8 Å². The molecule has 0 bridgehead atoms. The molecule has 1 aromatic rings. The van der Waals surface area contributed by atoms with E-state index >= 15 is 0 Å². The summed E-state index contributed by atoms with van der Waals surface area (Å²) in [5, 5.41) is 4.46. The zero-order valence-corrected chi connectivity index (χ0v) is 33.3. The number of nitrogens with zero attached hydrogens (tertiary/aromatic N) is 2. The average Bonchev–Trinajstić information content (AvgIpc) is 3.98. The number of sulfonamides is 1. The lowest BCUT2D eigenvalue weighted by atomic mass is 9.97. The molecule has 1 unspecified atom stereocenters. The van der Waals surface area contributed by atoms with E-state index in [4.69, 9.17) is 9.47 Å². The third-order valence-corrected chi connectivity index (χ3v) is 11.6. The first-order valence-corrected chi connectivity index (χ1v) is 20.1. The molecule has 304 valence electrons. The van der Waals surface area contributed by atoms with Crippen LogP contribution in [0.3, 0.4) is 0 Å². The van der Waals surface area contributed by atoms with E-state index in [1.54, 1.807) is 26.8 Å². The Balaban J connectivity index is 1.40. The lowest BCUT2D eigenvalue weighted by Gasteiger charge is -2.30. The molecule has 5 amide bonds. The Kier molecular flexibility index (Phi) is 12.0. The SMILES string of the molecule is C=C[C@@H]1C[C@]1(NC(=O)[C@@H]1CC(OC(=O)N2Cc3cccc(F)c3C2)CN1C(=O)[C@H](CCC(=O)C#CC(C)(C)C)NC(=O)OC(C)(C)C)C(=O)NS(=O)(=O)C1CC1. The molecule has 0 aromatic heterocycles. The van der Waals surface area contributed by atoms with Crippen molar-refractivity contribution in [2.24, 2.45) is 11.3 Å². The van der Waals surface area contributed by atoms with Gasteiger partial charge in [-0.1, -0.05) is 24.1 Å². The molecule has 17 heteroatoms. The minimum Gasteiger partial charge on any atom is -0.444 e. The number of carbonyl (C=O) groups excluding carboxylic acids is 6. The normalized spacial score (nSPS) is 23.4. The van der Waals surface area contributed by atoms with E-state index in [9.17, 15) is 41.6 Å². The van der Waals surface area contributed by atoms with Gasteiger partial charge < -0.3 is 25.0 Å². The molecule has 0 radical (unpaired) electrons. The maximum atomic E-state index is 14.5. The van der Waals surface area contributed by atoms with Gasteiger partial charge in [-0.25, -0.2) is 22.4 Å². The van der Waals surface area contributed by atoms with Gasteiger partial charge in [-0.05, 0) is 84.8 Å². The fourth-order valence-corrected chi connectivity index (χ4v) is 7.99. The molecule has 5 rings (SSSR count). The molecule has 1 aromatic carbocycles. The predicted octanol–water partition coefficient (Wildman–Crippen LogP) is 3.21. The molecule has 2 aliphatic carbocycles. The number of likely N-dealkylation sites (tertiary alicyclic amines) is 1. The summed E-state index contributed by atoms with van der Waals surface area (Å²) in [5.41, 5.74) is -2.16. The molecule has 2 heterocycles. The summed E-state index contributed by atoms with van der Waals surface area (Å²) in [5.74, 6) is 1.20.